The molecule has 180 valence electrons. The molecule has 3 rings (SSSR count). The van der Waals surface area contributed by atoms with E-state index in [4.69, 9.17) is 19.8 Å². The first-order valence-electron chi connectivity index (χ1n) is 12.0. The molecule has 1 saturated heterocycles. The fourth-order valence-electron chi connectivity index (χ4n) is 4.26. The zero-order chi connectivity index (χ0) is 23.9. The van der Waals surface area contributed by atoms with Crippen molar-refractivity contribution in [3.63, 3.8) is 0 Å². The number of piperidine rings is 1. The molecule has 6 heteroatoms. The number of nitrogens with one attached hydrogen (secondary N) is 1. The minimum atomic E-state index is -1.82. The fourth-order valence-corrected chi connectivity index (χ4v) is 4.26. The molecule has 3 N–H and O–H groups in total. The summed E-state index contributed by atoms with van der Waals surface area (Å²) in [5.74, 6) is -3.13. The highest BCUT2D eigenvalue weighted by atomic mass is 16.4. The Labute approximate surface area is 197 Å². The van der Waals surface area contributed by atoms with E-state index in [1.165, 1.54) is 75.8 Å². The van der Waals surface area contributed by atoms with Gasteiger partial charge < -0.3 is 20.4 Å². The van der Waals surface area contributed by atoms with Crippen LogP contribution in [-0.4, -0.2) is 59.3 Å². The molecular weight excluding hydrogens is 416 g/mol. The fraction of sp³-hybridized carbons (Fsp3) is 0.481. The van der Waals surface area contributed by atoms with Crippen molar-refractivity contribution in [3.8, 4) is 0 Å². The zero-order valence-corrected chi connectivity index (χ0v) is 19.7. The van der Waals surface area contributed by atoms with Gasteiger partial charge in [0, 0.05) is 12.0 Å². The van der Waals surface area contributed by atoms with Gasteiger partial charge in [-0.25, -0.2) is 9.59 Å². The number of nitrogens with zero attached hydrogens (tertiary/aromatic N) is 1. The number of carbonyl (C=O) groups is 2. The van der Waals surface area contributed by atoms with Crippen molar-refractivity contribution in [1.82, 2.24) is 10.2 Å². The molecule has 0 radical (unpaired) electrons. The van der Waals surface area contributed by atoms with E-state index in [1.54, 1.807) is 0 Å². The predicted molar refractivity (Wildman–Crippen MR) is 132 cm³/mol. The quantitative estimate of drug-likeness (QED) is 0.359. The first kappa shape index (κ1) is 26.6. The lowest BCUT2D eigenvalue weighted by atomic mass is 9.87. The van der Waals surface area contributed by atoms with Gasteiger partial charge in [0.25, 0.3) is 0 Å². The number of likely N-dealkylation sites (tertiary alicyclic amines) is 1. The van der Waals surface area contributed by atoms with Gasteiger partial charge in [-0.3, -0.25) is 0 Å². The van der Waals surface area contributed by atoms with E-state index >= 15 is 0 Å². The summed E-state index contributed by atoms with van der Waals surface area (Å²) in [6.07, 6.45) is 7.70. The molecule has 0 unspecified atom stereocenters. The van der Waals surface area contributed by atoms with Crippen LogP contribution in [0.2, 0.25) is 0 Å². The second kappa shape index (κ2) is 15.2. The second-order valence-electron chi connectivity index (χ2n) is 8.55. The average Bonchev–Trinajstić information content (AvgIpc) is 2.84. The van der Waals surface area contributed by atoms with Crippen LogP contribution in [0.15, 0.2) is 60.7 Å². The Balaban J connectivity index is 0.000000569. The summed E-state index contributed by atoms with van der Waals surface area (Å²) >= 11 is 0. The maximum absolute atomic E-state index is 9.10. The molecule has 2 aromatic carbocycles. The summed E-state index contributed by atoms with van der Waals surface area (Å²) in [4.78, 5) is 20.9. The molecular formula is C27H38N2O4. The van der Waals surface area contributed by atoms with Crippen molar-refractivity contribution in [2.75, 3.05) is 26.2 Å². The monoisotopic (exact) mass is 454 g/mol. The van der Waals surface area contributed by atoms with E-state index < -0.39 is 11.9 Å². The smallest absolute Gasteiger partial charge is 0.414 e. The Morgan fingerprint density at radius 3 is 1.88 bits per heavy atom. The van der Waals surface area contributed by atoms with Gasteiger partial charge in [0.2, 0.25) is 0 Å². The van der Waals surface area contributed by atoms with Gasteiger partial charge in [-0.1, -0.05) is 74.0 Å². The van der Waals surface area contributed by atoms with Gasteiger partial charge in [-0.05, 0) is 69.4 Å². The van der Waals surface area contributed by atoms with Crippen LogP contribution >= 0.6 is 0 Å². The highest BCUT2D eigenvalue weighted by Gasteiger charge is 2.19. The first-order chi connectivity index (χ1) is 16.0. The molecule has 6 nitrogen and oxygen atoms in total. The van der Waals surface area contributed by atoms with Crippen LogP contribution in [-0.2, 0) is 9.59 Å². The largest absolute Gasteiger partial charge is 0.473 e. The molecule has 1 fully saturated rings. The van der Waals surface area contributed by atoms with Crippen molar-refractivity contribution in [1.29, 1.82) is 0 Å². The normalized spacial score (nSPS) is 14.5. The van der Waals surface area contributed by atoms with Crippen LogP contribution in [0.3, 0.4) is 0 Å². The van der Waals surface area contributed by atoms with Gasteiger partial charge in [-0.15, -0.1) is 0 Å². The van der Waals surface area contributed by atoms with E-state index in [9.17, 15) is 0 Å². The van der Waals surface area contributed by atoms with E-state index in [0.29, 0.717) is 5.92 Å². The highest BCUT2D eigenvalue weighted by molar-refractivity contribution is 6.27. The molecule has 0 aromatic heterocycles. The summed E-state index contributed by atoms with van der Waals surface area (Å²) in [6.45, 7) is 7.20. The Bertz CT molecular complexity index is 754. The summed E-state index contributed by atoms with van der Waals surface area (Å²) < 4.78 is 0. The van der Waals surface area contributed by atoms with Crippen LogP contribution < -0.4 is 5.32 Å². The van der Waals surface area contributed by atoms with Gasteiger partial charge in [0.15, 0.2) is 0 Å². The van der Waals surface area contributed by atoms with E-state index in [1.807, 2.05) is 0 Å². The van der Waals surface area contributed by atoms with Crippen LogP contribution in [0, 0.1) is 0 Å². The minimum absolute atomic E-state index is 0.514. The first-order valence-corrected chi connectivity index (χ1v) is 12.0. The number of hydrogen-bond acceptors (Lipinski definition) is 4. The SMILES string of the molecule is CCCCNC1CCN(CCCC(c2ccccc2)c2ccccc2)CC1.O=C(O)C(=O)O. The van der Waals surface area contributed by atoms with E-state index in [0.717, 1.165) is 6.04 Å². The number of unbranched alkanes of at least 4 members (excludes halogenated alkanes) is 1. The Hall–Kier alpha value is -2.70. The van der Waals surface area contributed by atoms with Crippen LogP contribution in [0.1, 0.15) is 62.5 Å². The standard InChI is InChI=1S/C25H36N2.C2H2O4/c1-2-3-18-26-24-16-20-27(21-17-24)19-10-15-25(22-11-6-4-7-12-22)23-13-8-5-9-14-23;3-1(4)2(5)6/h4-9,11-14,24-26H,2-3,10,15-21H2,1H3;(H,3,4)(H,5,6). The van der Waals surface area contributed by atoms with Crippen molar-refractivity contribution < 1.29 is 19.8 Å². The Morgan fingerprint density at radius 1 is 0.909 bits per heavy atom. The number of rotatable bonds is 10. The third-order valence-electron chi connectivity index (χ3n) is 6.10. The van der Waals surface area contributed by atoms with Gasteiger partial charge in [0.05, 0.1) is 0 Å². The van der Waals surface area contributed by atoms with Crippen molar-refractivity contribution >= 4 is 11.9 Å². The molecule has 0 spiro atoms. The molecule has 33 heavy (non-hydrogen) atoms. The Kier molecular flexibility index (Phi) is 12.2. The van der Waals surface area contributed by atoms with Gasteiger partial charge >= 0.3 is 11.9 Å². The Morgan fingerprint density at radius 2 is 1.42 bits per heavy atom. The molecule has 0 aliphatic carbocycles. The van der Waals surface area contributed by atoms with Crippen LogP contribution in [0.25, 0.3) is 0 Å². The van der Waals surface area contributed by atoms with Crippen LogP contribution in [0.4, 0.5) is 0 Å². The average molecular weight is 455 g/mol. The molecule has 1 heterocycles. The maximum Gasteiger partial charge on any atom is 0.414 e. The van der Waals surface area contributed by atoms with Crippen LogP contribution in [0.5, 0.6) is 0 Å². The lowest BCUT2D eigenvalue weighted by Gasteiger charge is -2.32. The van der Waals surface area contributed by atoms with Gasteiger partial charge in [0.1, 0.15) is 0 Å². The molecule has 0 saturated carbocycles. The molecule has 0 atom stereocenters. The maximum atomic E-state index is 9.10. The molecule has 0 amide bonds. The lowest BCUT2D eigenvalue weighted by Crippen LogP contribution is -2.43. The second-order valence-corrected chi connectivity index (χ2v) is 8.55. The molecule has 2 aromatic rings. The highest BCUT2D eigenvalue weighted by Crippen LogP contribution is 2.29. The molecule has 1 aliphatic heterocycles. The number of hydrogen-bond donors (Lipinski definition) is 3. The third-order valence-corrected chi connectivity index (χ3v) is 6.10. The number of benzene rings is 2. The van der Waals surface area contributed by atoms with Crippen molar-refractivity contribution in [2.45, 2.75) is 57.4 Å². The van der Waals surface area contributed by atoms with Crippen molar-refractivity contribution in [2.24, 2.45) is 0 Å². The third kappa shape index (κ3) is 10.2. The molecule has 1 aliphatic rings. The van der Waals surface area contributed by atoms with Gasteiger partial charge in [-0.2, -0.15) is 0 Å². The number of carboxylic acids is 2. The van der Waals surface area contributed by atoms with E-state index in [2.05, 4.69) is 77.8 Å². The predicted octanol–water partition coefficient (Wildman–Crippen LogP) is 4.61. The summed E-state index contributed by atoms with van der Waals surface area (Å²) in [6, 6.07) is 22.8. The summed E-state index contributed by atoms with van der Waals surface area (Å²) in [5.41, 5.74) is 2.89. The van der Waals surface area contributed by atoms with Crippen molar-refractivity contribution in [3.05, 3.63) is 71.8 Å². The topological polar surface area (TPSA) is 89.9 Å². The number of aliphatic carboxylic acids is 2. The lowest BCUT2D eigenvalue weighted by molar-refractivity contribution is -0.159. The summed E-state index contributed by atoms with van der Waals surface area (Å²) in [5, 5.41) is 18.5. The van der Waals surface area contributed by atoms with E-state index in [-0.39, 0.29) is 0 Å². The summed E-state index contributed by atoms with van der Waals surface area (Å²) in [7, 11) is 0. The minimum Gasteiger partial charge on any atom is -0.473 e. The number of carboxylic acid groups (broad SMARTS) is 2. The zero-order valence-electron chi connectivity index (χ0n) is 19.7. The molecule has 0 bridgehead atoms.